The Kier molecular flexibility index (Phi) is 6.71. The standard InChI is InChI=1S/C15H23O/c1-3-5-6-7-8-13-16-15-11-9-14(4-2)10-12-15/h4,9-12H,3,5-8,13H2,1-2H3. The summed E-state index contributed by atoms with van der Waals surface area (Å²) in [6.45, 7) is 5.13. The first-order valence-electron chi connectivity index (χ1n) is 6.39. The Labute approximate surface area is 99.8 Å². The van der Waals surface area contributed by atoms with Crippen molar-refractivity contribution in [3.05, 3.63) is 36.2 Å². The Morgan fingerprint density at radius 2 is 1.69 bits per heavy atom. The molecule has 0 spiro atoms. The molecule has 1 heteroatoms. The van der Waals surface area contributed by atoms with E-state index in [0.717, 1.165) is 12.4 Å². The van der Waals surface area contributed by atoms with Crippen LogP contribution in [-0.2, 0) is 0 Å². The van der Waals surface area contributed by atoms with Crippen LogP contribution in [0.4, 0.5) is 0 Å². The van der Waals surface area contributed by atoms with E-state index < -0.39 is 0 Å². The summed E-state index contributed by atoms with van der Waals surface area (Å²) >= 11 is 0. The average Bonchev–Trinajstić information content (AvgIpc) is 2.34. The number of unbranched alkanes of at least 4 members (excludes halogenated alkanes) is 4. The van der Waals surface area contributed by atoms with Crippen LogP contribution in [0, 0.1) is 6.42 Å². The first-order chi connectivity index (χ1) is 7.86. The summed E-state index contributed by atoms with van der Waals surface area (Å²) in [5.41, 5.74) is 1.25. The third-order valence-corrected chi connectivity index (χ3v) is 2.73. The van der Waals surface area contributed by atoms with Crippen LogP contribution in [0.1, 0.15) is 51.5 Å². The first kappa shape index (κ1) is 13.1. The topological polar surface area (TPSA) is 9.23 Å². The van der Waals surface area contributed by atoms with Gasteiger partial charge in [0.25, 0.3) is 0 Å². The molecule has 16 heavy (non-hydrogen) atoms. The van der Waals surface area contributed by atoms with Gasteiger partial charge >= 0.3 is 0 Å². The highest BCUT2D eigenvalue weighted by Crippen LogP contribution is 2.13. The largest absolute Gasteiger partial charge is 0.494 e. The lowest BCUT2D eigenvalue weighted by molar-refractivity contribution is 0.304. The second-order valence-electron chi connectivity index (χ2n) is 4.12. The van der Waals surface area contributed by atoms with Gasteiger partial charge in [-0.15, -0.1) is 0 Å². The number of hydrogen-bond acceptors (Lipinski definition) is 1. The van der Waals surface area contributed by atoms with Gasteiger partial charge < -0.3 is 4.74 Å². The molecule has 89 valence electrons. The zero-order chi connectivity index (χ0) is 11.6. The maximum absolute atomic E-state index is 5.67. The zero-order valence-electron chi connectivity index (χ0n) is 10.5. The molecule has 0 aliphatic rings. The normalized spacial score (nSPS) is 10.4. The van der Waals surface area contributed by atoms with E-state index in [1.807, 2.05) is 19.1 Å². The molecule has 0 amide bonds. The van der Waals surface area contributed by atoms with E-state index in [1.165, 1.54) is 37.7 Å². The SMILES string of the molecule is C[CH]c1ccc(OCCCCCCC)cc1. The monoisotopic (exact) mass is 219 g/mol. The molecule has 0 aliphatic carbocycles. The van der Waals surface area contributed by atoms with E-state index in [2.05, 4.69) is 25.5 Å². The smallest absolute Gasteiger partial charge is 0.119 e. The molecule has 0 aromatic heterocycles. The summed E-state index contributed by atoms with van der Waals surface area (Å²) in [6.07, 6.45) is 8.53. The van der Waals surface area contributed by atoms with Gasteiger partial charge in [0.05, 0.1) is 6.61 Å². The molecule has 1 radical (unpaired) electrons. The summed E-state index contributed by atoms with van der Waals surface area (Å²) in [5.74, 6) is 0.987. The minimum atomic E-state index is 0.846. The number of ether oxygens (including phenoxy) is 1. The predicted molar refractivity (Wildman–Crippen MR) is 69.8 cm³/mol. The summed E-state index contributed by atoms with van der Waals surface area (Å²) in [5, 5.41) is 0. The van der Waals surface area contributed by atoms with Gasteiger partial charge in [-0.2, -0.15) is 0 Å². The lowest BCUT2D eigenvalue weighted by Gasteiger charge is -2.06. The van der Waals surface area contributed by atoms with Crippen LogP contribution >= 0.6 is 0 Å². The van der Waals surface area contributed by atoms with Crippen molar-refractivity contribution in [1.29, 1.82) is 0 Å². The molecule has 0 saturated heterocycles. The van der Waals surface area contributed by atoms with Crippen LogP contribution in [0.25, 0.3) is 0 Å². The summed E-state index contributed by atoms with van der Waals surface area (Å²) in [7, 11) is 0. The third-order valence-electron chi connectivity index (χ3n) is 2.73. The number of benzene rings is 1. The minimum Gasteiger partial charge on any atom is -0.494 e. The molecule has 0 heterocycles. The lowest BCUT2D eigenvalue weighted by Crippen LogP contribution is -1.97. The zero-order valence-corrected chi connectivity index (χ0v) is 10.5. The molecule has 1 nitrogen and oxygen atoms in total. The molecule has 0 bridgehead atoms. The number of rotatable bonds is 8. The van der Waals surface area contributed by atoms with Gasteiger partial charge in [-0.25, -0.2) is 0 Å². The van der Waals surface area contributed by atoms with Crippen LogP contribution < -0.4 is 4.74 Å². The maximum Gasteiger partial charge on any atom is 0.119 e. The summed E-state index contributed by atoms with van der Waals surface area (Å²) < 4.78 is 5.67. The molecule has 0 fully saturated rings. The highest BCUT2D eigenvalue weighted by molar-refractivity contribution is 5.30. The fraction of sp³-hybridized carbons (Fsp3) is 0.533. The van der Waals surface area contributed by atoms with Gasteiger partial charge in [-0.05, 0) is 30.5 Å². The Bertz CT molecular complexity index is 263. The molecule has 0 unspecified atom stereocenters. The quantitative estimate of drug-likeness (QED) is 0.580. The Hall–Kier alpha value is -0.980. The van der Waals surface area contributed by atoms with Crippen LogP contribution in [-0.4, -0.2) is 6.61 Å². The Balaban J connectivity index is 2.12. The molecule has 0 saturated carbocycles. The Morgan fingerprint density at radius 1 is 1.00 bits per heavy atom. The van der Waals surface area contributed by atoms with E-state index in [4.69, 9.17) is 4.74 Å². The fourth-order valence-electron chi connectivity index (χ4n) is 1.65. The van der Waals surface area contributed by atoms with Gasteiger partial charge in [-0.1, -0.05) is 51.7 Å². The second kappa shape index (κ2) is 8.20. The van der Waals surface area contributed by atoms with E-state index in [0.29, 0.717) is 0 Å². The van der Waals surface area contributed by atoms with E-state index in [9.17, 15) is 0 Å². The maximum atomic E-state index is 5.67. The summed E-state index contributed by atoms with van der Waals surface area (Å²) in [6, 6.07) is 8.27. The Morgan fingerprint density at radius 3 is 2.31 bits per heavy atom. The molecule has 0 atom stereocenters. The molecule has 1 rings (SSSR count). The fourth-order valence-corrected chi connectivity index (χ4v) is 1.65. The minimum absolute atomic E-state index is 0.846. The van der Waals surface area contributed by atoms with E-state index in [-0.39, 0.29) is 0 Å². The van der Waals surface area contributed by atoms with Gasteiger partial charge in [-0.3, -0.25) is 0 Å². The van der Waals surface area contributed by atoms with Crippen LogP contribution in [0.3, 0.4) is 0 Å². The molecule has 1 aromatic rings. The molecule has 0 N–H and O–H groups in total. The van der Waals surface area contributed by atoms with Crippen LogP contribution in [0.15, 0.2) is 24.3 Å². The van der Waals surface area contributed by atoms with Crippen LogP contribution in [0.2, 0.25) is 0 Å². The van der Waals surface area contributed by atoms with Crippen molar-refractivity contribution in [1.82, 2.24) is 0 Å². The molecule has 1 aromatic carbocycles. The van der Waals surface area contributed by atoms with Crippen molar-refractivity contribution in [2.75, 3.05) is 6.61 Å². The van der Waals surface area contributed by atoms with Crippen molar-refractivity contribution in [3.8, 4) is 5.75 Å². The predicted octanol–water partition coefficient (Wildman–Crippen LogP) is 4.61. The van der Waals surface area contributed by atoms with E-state index >= 15 is 0 Å². The highest BCUT2D eigenvalue weighted by atomic mass is 16.5. The van der Waals surface area contributed by atoms with Gasteiger partial charge in [0, 0.05) is 0 Å². The lowest BCUT2D eigenvalue weighted by atomic mass is 10.1. The average molecular weight is 219 g/mol. The van der Waals surface area contributed by atoms with Crippen molar-refractivity contribution in [3.63, 3.8) is 0 Å². The van der Waals surface area contributed by atoms with Crippen molar-refractivity contribution in [2.24, 2.45) is 0 Å². The van der Waals surface area contributed by atoms with Gasteiger partial charge in [0.2, 0.25) is 0 Å². The number of hydrogen-bond donors (Lipinski definition) is 0. The third kappa shape index (κ3) is 5.20. The van der Waals surface area contributed by atoms with Crippen molar-refractivity contribution in [2.45, 2.75) is 46.0 Å². The van der Waals surface area contributed by atoms with Crippen molar-refractivity contribution < 1.29 is 4.74 Å². The molecular formula is C15H23O. The molecular weight excluding hydrogens is 196 g/mol. The van der Waals surface area contributed by atoms with Crippen LogP contribution in [0.5, 0.6) is 5.75 Å². The first-order valence-corrected chi connectivity index (χ1v) is 6.39. The van der Waals surface area contributed by atoms with Crippen molar-refractivity contribution >= 4 is 0 Å². The highest BCUT2D eigenvalue weighted by Gasteiger charge is 1.94. The van der Waals surface area contributed by atoms with Gasteiger partial charge in [0.1, 0.15) is 5.75 Å². The second-order valence-corrected chi connectivity index (χ2v) is 4.12. The summed E-state index contributed by atoms with van der Waals surface area (Å²) in [4.78, 5) is 0. The molecule has 0 aliphatic heterocycles. The van der Waals surface area contributed by atoms with E-state index in [1.54, 1.807) is 0 Å². The van der Waals surface area contributed by atoms with Gasteiger partial charge in [0.15, 0.2) is 0 Å².